The van der Waals surface area contributed by atoms with Crippen LogP contribution >= 0.6 is 0 Å². The van der Waals surface area contributed by atoms with Crippen molar-refractivity contribution in [2.24, 2.45) is 0 Å². The van der Waals surface area contributed by atoms with Crippen molar-refractivity contribution in [2.75, 3.05) is 7.11 Å². The summed E-state index contributed by atoms with van der Waals surface area (Å²) >= 11 is 0. The lowest BCUT2D eigenvalue weighted by Gasteiger charge is -2.10. The summed E-state index contributed by atoms with van der Waals surface area (Å²) < 4.78 is 6.30. The Labute approximate surface area is 124 Å². The SMILES string of the molecule is COC(=O)Cc1c(C)ccn(CCc2ccccc2)c1=O. The molecule has 0 fully saturated rings. The largest absolute Gasteiger partial charge is 0.469 e. The number of aryl methyl sites for hydroxylation is 3. The van der Waals surface area contributed by atoms with Gasteiger partial charge in [-0.15, -0.1) is 0 Å². The number of pyridine rings is 1. The first-order chi connectivity index (χ1) is 10.1. The van der Waals surface area contributed by atoms with E-state index in [1.54, 1.807) is 10.8 Å². The van der Waals surface area contributed by atoms with Gasteiger partial charge < -0.3 is 9.30 Å². The lowest BCUT2D eigenvalue weighted by Crippen LogP contribution is -2.27. The van der Waals surface area contributed by atoms with Gasteiger partial charge in [-0.1, -0.05) is 30.3 Å². The zero-order chi connectivity index (χ0) is 15.2. The third-order valence-electron chi connectivity index (χ3n) is 3.53. The number of hydrogen-bond donors (Lipinski definition) is 0. The first-order valence-corrected chi connectivity index (χ1v) is 6.91. The molecule has 0 atom stereocenters. The molecule has 0 saturated carbocycles. The van der Waals surface area contributed by atoms with Crippen molar-refractivity contribution in [3.8, 4) is 0 Å². The van der Waals surface area contributed by atoms with Crippen molar-refractivity contribution in [1.82, 2.24) is 4.57 Å². The average Bonchev–Trinajstić information content (AvgIpc) is 2.51. The van der Waals surface area contributed by atoms with E-state index in [2.05, 4.69) is 4.74 Å². The molecule has 21 heavy (non-hydrogen) atoms. The minimum atomic E-state index is -0.393. The maximum atomic E-state index is 12.4. The highest BCUT2D eigenvalue weighted by Gasteiger charge is 2.12. The normalized spacial score (nSPS) is 10.4. The minimum absolute atomic E-state index is 0.0212. The molecule has 1 aromatic heterocycles. The Kier molecular flexibility index (Phi) is 4.93. The molecule has 0 unspecified atom stereocenters. The molecule has 0 aliphatic carbocycles. The number of aromatic nitrogens is 1. The van der Waals surface area contributed by atoms with Crippen LogP contribution in [0.1, 0.15) is 16.7 Å². The van der Waals surface area contributed by atoms with Gasteiger partial charge in [0.1, 0.15) is 0 Å². The quantitative estimate of drug-likeness (QED) is 0.791. The molecule has 0 spiro atoms. The minimum Gasteiger partial charge on any atom is -0.469 e. The Hall–Kier alpha value is -2.36. The van der Waals surface area contributed by atoms with E-state index < -0.39 is 5.97 Å². The second-order valence-electron chi connectivity index (χ2n) is 4.96. The predicted octanol–water partition coefficient (Wildman–Crippen LogP) is 2.11. The van der Waals surface area contributed by atoms with Gasteiger partial charge in [-0.3, -0.25) is 9.59 Å². The van der Waals surface area contributed by atoms with E-state index in [4.69, 9.17) is 0 Å². The van der Waals surface area contributed by atoms with Crippen LogP contribution in [0.5, 0.6) is 0 Å². The molecule has 0 radical (unpaired) electrons. The summed E-state index contributed by atoms with van der Waals surface area (Å²) in [7, 11) is 1.33. The van der Waals surface area contributed by atoms with E-state index >= 15 is 0 Å². The van der Waals surface area contributed by atoms with Crippen molar-refractivity contribution in [3.05, 3.63) is 69.6 Å². The molecule has 0 saturated heterocycles. The fraction of sp³-hybridized carbons (Fsp3) is 0.294. The molecule has 2 rings (SSSR count). The third-order valence-corrected chi connectivity index (χ3v) is 3.53. The summed E-state index contributed by atoms with van der Waals surface area (Å²) in [5.41, 5.74) is 2.40. The Balaban J connectivity index is 2.19. The van der Waals surface area contributed by atoms with Gasteiger partial charge >= 0.3 is 5.97 Å². The topological polar surface area (TPSA) is 48.3 Å². The van der Waals surface area contributed by atoms with Crippen molar-refractivity contribution in [1.29, 1.82) is 0 Å². The van der Waals surface area contributed by atoms with E-state index in [1.807, 2.05) is 43.3 Å². The molecule has 0 aliphatic rings. The summed E-state index contributed by atoms with van der Waals surface area (Å²) in [6.45, 7) is 2.43. The Morgan fingerprint density at radius 3 is 2.57 bits per heavy atom. The molecular weight excluding hydrogens is 266 g/mol. The number of ether oxygens (including phenoxy) is 1. The third kappa shape index (κ3) is 3.81. The van der Waals surface area contributed by atoms with Crippen LogP contribution in [0.4, 0.5) is 0 Å². The molecule has 1 aromatic carbocycles. The summed E-state index contributed by atoms with van der Waals surface area (Å²) in [5.74, 6) is -0.393. The highest BCUT2D eigenvalue weighted by molar-refractivity contribution is 5.72. The summed E-state index contributed by atoms with van der Waals surface area (Å²) in [6, 6.07) is 11.9. The van der Waals surface area contributed by atoms with E-state index in [9.17, 15) is 9.59 Å². The van der Waals surface area contributed by atoms with Crippen molar-refractivity contribution < 1.29 is 9.53 Å². The molecule has 4 nitrogen and oxygen atoms in total. The van der Waals surface area contributed by atoms with Gasteiger partial charge in [-0.2, -0.15) is 0 Å². The van der Waals surface area contributed by atoms with Crippen LogP contribution in [0.15, 0.2) is 47.4 Å². The van der Waals surface area contributed by atoms with Crippen LogP contribution in [0.3, 0.4) is 0 Å². The fourth-order valence-electron chi connectivity index (χ4n) is 2.21. The molecule has 0 bridgehead atoms. The Morgan fingerprint density at radius 1 is 1.19 bits per heavy atom. The van der Waals surface area contributed by atoms with Crippen LogP contribution in [-0.2, 0) is 28.9 Å². The lowest BCUT2D eigenvalue weighted by molar-refractivity contribution is -0.139. The van der Waals surface area contributed by atoms with Gasteiger partial charge in [0.25, 0.3) is 5.56 Å². The number of hydrogen-bond acceptors (Lipinski definition) is 3. The molecule has 0 aliphatic heterocycles. The smallest absolute Gasteiger partial charge is 0.310 e. The maximum Gasteiger partial charge on any atom is 0.310 e. The second-order valence-corrected chi connectivity index (χ2v) is 4.96. The van der Waals surface area contributed by atoms with Crippen LogP contribution in [0.2, 0.25) is 0 Å². The van der Waals surface area contributed by atoms with Crippen LogP contribution in [-0.4, -0.2) is 17.6 Å². The van der Waals surface area contributed by atoms with E-state index in [0.717, 1.165) is 12.0 Å². The summed E-state index contributed by atoms with van der Waals surface area (Å²) in [4.78, 5) is 23.8. The molecule has 2 aromatic rings. The monoisotopic (exact) mass is 285 g/mol. The zero-order valence-corrected chi connectivity index (χ0v) is 12.3. The molecule has 0 amide bonds. The van der Waals surface area contributed by atoms with Crippen LogP contribution in [0.25, 0.3) is 0 Å². The number of esters is 1. The second kappa shape index (κ2) is 6.88. The average molecular weight is 285 g/mol. The fourth-order valence-corrected chi connectivity index (χ4v) is 2.21. The highest BCUT2D eigenvalue weighted by atomic mass is 16.5. The van der Waals surface area contributed by atoms with Gasteiger partial charge in [0.15, 0.2) is 0 Å². The summed E-state index contributed by atoms with van der Waals surface area (Å²) in [6.07, 6.45) is 2.58. The van der Waals surface area contributed by atoms with Gasteiger partial charge in [0.05, 0.1) is 13.5 Å². The van der Waals surface area contributed by atoms with Crippen LogP contribution in [0, 0.1) is 6.92 Å². The van der Waals surface area contributed by atoms with Crippen molar-refractivity contribution >= 4 is 5.97 Å². The molecule has 110 valence electrons. The van der Waals surface area contributed by atoms with Crippen LogP contribution < -0.4 is 5.56 Å². The standard InChI is InChI=1S/C17H19NO3/c1-13-8-10-18(11-9-14-6-4-3-5-7-14)17(20)15(13)12-16(19)21-2/h3-8,10H,9,11-12H2,1-2H3. The summed E-state index contributed by atoms with van der Waals surface area (Å²) in [5, 5.41) is 0. The van der Waals surface area contributed by atoms with E-state index in [1.165, 1.54) is 12.7 Å². The van der Waals surface area contributed by atoms with Gasteiger partial charge in [-0.25, -0.2) is 0 Å². The number of carbonyl (C=O) groups excluding carboxylic acids is 1. The Bertz CT molecular complexity index is 674. The van der Waals surface area contributed by atoms with Gasteiger partial charge in [0.2, 0.25) is 0 Å². The first kappa shape index (κ1) is 15.0. The van der Waals surface area contributed by atoms with Gasteiger partial charge in [0, 0.05) is 18.3 Å². The zero-order valence-electron chi connectivity index (χ0n) is 12.3. The highest BCUT2D eigenvalue weighted by Crippen LogP contribution is 2.06. The number of benzene rings is 1. The molecule has 4 heteroatoms. The Morgan fingerprint density at radius 2 is 1.90 bits per heavy atom. The van der Waals surface area contributed by atoms with Crippen molar-refractivity contribution in [2.45, 2.75) is 26.3 Å². The number of nitrogens with zero attached hydrogens (tertiary/aromatic N) is 1. The number of carbonyl (C=O) groups is 1. The van der Waals surface area contributed by atoms with Gasteiger partial charge in [-0.05, 0) is 30.5 Å². The molecule has 1 heterocycles. The van der Waals surface area contributed by atoms with Crippen molar-refractivity contribution in [3.63, 3.8) is 0 Å². The number of rotatable bonds is 5. The van der Waals surface area contributed by atoms with E-state index in [0.29, 0.717) is 12.1 Å². The van der Waals surface area contributed by atoms with E-state index in [-0.39, 0.29) is 12.0 Å². The molecule has 0 N–H and O–H groups in total. The molecular formula is C17H19NO3. The first-order valence-electron chi connectivity index (χ1n) is 6.91. The predicted molar refractivity (Wildman–Crippen MR) is 81.3 cm³/mol. The lowest BCUT2D eigenvalue weighted by atomic mass is 10.1. The number of methoxy groups -OCH3 is 1. The maximum absolute atomic E-state index is 12.4.